The van der Waals surface area contributed by atoms with Gasteiger partial charge >= 0.3 is 0 Å². The van der Waals surface area contributed by atoms with Crippen LogP contribution < -0.4 is 5.73 Å². The highest BCUT2D eigenvalue weighted by atomic mass is 32.2. The minimum Gasteiger partial charge on any atom is -0.388 e. The quantitative estimate of drug-likeness (QED) is 0.583. The van der Waals surface area contributed by atoms with Gasteiger partial charge in [-0.15, -0.1) is 0 Å². The monoisotopic (exact) mass is 235 g/mol. The first kappa shape index (κ1) is 13.3. The Balaban J connectivity index is 2.32. The molecule has 0 amide bonds. The van der Waals surface area contributed by atoms with E-state index in [0.29, 0.717) is 12.3 Å². The molecule has 0 bridgehead atoms. The van der Waals surface area contributed by atoms with Gasteiger partial charge in [0.05, 0.1) is 11.7 Å². The van der Waals surface area contributed by atoms with Crippen LogP contribution in [0.15, 0.2) is 0 Å². The molecule has 0 aliphatic carbocycles. The zero-order valence-electron chi connectivity index (χ0n) is 9.35. The number of rotatable bonds is 5. The zero-order valence-corrected chi connectivity index (χ0v) is 10.2. The molecule has 0 aromatic rings. The number of aliphatic hydroxyl groups excluding tert-OH is 2. The lowest BCUT2D eigenvalue weighted by atomic mass is 9.99. The fourth-order valence-electron chi connectivity index (χ4n) is 1.66. The molecule has 3 unspecified atom stereocenters. The Bertz CT molecular complexity index is 201. The van der Waals surface area contributed by atoms with Gasteiger partial charge in [-0.05, 0) is 32.6 Å². The molecule has 4 nitrogen and oxygen atoms in total. The van der Waals surface area contributed by atoms with Gasteiger partial charge in [0.15, 0.2) is 0 Å². The first-order chi connectivity index (χ1) is 6.99. The Morgan fingerprint density at radius 3 is 2.53 bits per heavy atom. The lowest BCUT2D eigenvalue weighted by Gasteiger charge is -2.21. The molecule has 5 heteroatoms. The third-order valence-corrected chi connectivity index (χ3v) is 3.79. The van der Waals surface area contributed by atoms with Crippen molar-refractivity contribution in [1.29, 1.82) is 0 Å². The molecule has 3 atom stereocenters. The second kappa shape index (κ2) is 5.50. The first-order valence-corrected chi connectivity index (χ1v) is 6.46. The highest BCUT2D eigenvalue weighted by molar-refractivity contribution is 7.99. The van der Waals surface area contributed by atoms with Gasteiger partial charge in [0.25, 0.3) is 0 Å². The molecule has 1 heterocycles. The standard InChI is InChI=1S/C10H21NO3S/c1-10(2)9(13)8(12)7(14-10)6-15-5-3-4-11/h7-9,12-13H,3-6,11H2,1-2H3. The Kier molecular flexibility index (Phi) is 4.86. The highest BCUT2D eigenvalue weighted by Crippen LogP contribution is 2.32. The number of thioether (sulfide) groups is 1. The summed E-state index contributed by atoms with van der Waals surface area (Å²) in [5.41, 5.74) is 4.74. The number of hydrogen-bond donors (Lipinski definition) is 3. The van der Waals surface area contributed by atoms with Crippen molar-refractivity contribution in [3.8, 4) is 0 Å². The summed E-state index contributed by atoms with van der Waals surface area (Å²) in [6.07, 6.45) is -0.861. The van der Waals surface area contributed by atoms with Crippen molar-refractivity contribution in [3.63, 3.8) is 0 Å². The van der Waals surface area contributed by atoms with Crippen LogP contribution in [0.5, 0.6) is 0 Å². The largest absolute Gasteiger partial charge is 0.388 e. The van der Waals surface area contributed by atoms with E-state index in [0.717, 1.165) is 12.2 Å². The van der Waals surface area contributed by atoms with Gasteiger partial charge in [0.2, 0.25) is 0 Å². The lowest BCUT2D eigenvalue weighted by molar-refractivity contribution is -0.0505. The molecule has 0 aromatic heterocycles. The van der Waals surface area contributed by atoms with Gasteiger partial charge in [-0.3, -0.25) is 0 Å². The van der Waals surface area contributed by atoms with Crippen molar-refractivity contribution in [1.82, 2.24) is 0 Å². The number of nitrogens with two attached hydrogens (primary N) is 1. The van der Waals surface area contributed by atoms with Crippen molar-refractivity contribution in [2.45, 2.75) is 44.2 Å². The summed E-state index contributed by atoms with van der Waals surface area (Å²) in [6.45, 7) is 4.28. The summed E-state index contributed by atoms with van der Waals surface area (Å²) in [5, 5.41) is 19.4. The van der Waals surface area contributed by atoms with Crippen LogP contribution in [0, 0.1) is 0 Å². The molecule has 1 rings (SSSR count). The Morgan fingerprint density at radius 2 is 2.07 bits per heavy atom. The molecular weight excluding hydrogens is 214 g/mol. The van der Waals surface area contributed by atoms with E-state index in [1.807, 2.05) is 0 Å². The maximum absolute atomic E-state index is 9.74. The second-order valence-electron chi connectivity index (χ2n) is 4.41. The third-order valence-electron chi connectivity index (χ3n) is 2.65. The summed E-state index contributed by atoms with van der Waals surface area (Å²) in [7, 11) is 0. The Hall–Kier alpha value is 0.190. The predicted molar refractivity (Wildman–Crippen MR) is 62.0 cm³/mol. The van der Waals surface area contributed by atoms with E-state index >= 15 is 0 Å². The van der Waals surface area contributed by atoms with E-state index in [-0.39, 0.29) is 6.10 Å². The van der Waals surface area contributed by atoms with Crippen molar-refractivity contribution in [2.24, 2.45) is 5.73 Å². The molecule has 15 heavy (non-hydrogen) atoms. The van der Waals surface area contributed by atoms with Crippen LogP contribution in [0.3, 0.4) is 0 Å². The minimum absolute atomic E-state index is 0.266. The summed E-state index contributed by atoms with van der Waals surface area (Å²) < 4.78 is 5.60. The van der Waals surface area contributed by atoms with Gasteiger partial charge in [-0.1, -0.05) is 0 Å². The molecule has 90 valence electrons. The van der Waals surface area contributed by atoms with Gasteiger partial charge in [0, 0.05) is 5.75 Å². The molecule has 1 aliphatic rings. The van der Waals surface area contributed by atoms with Crippen LogP contribution in [0.25, 0.3) is 0 Å². The van der Waals surface area contributed by atoms with Gasteiger partial charge in [-0.2, -0.15) is 11.8 Å². The fourth-order valence-corrected chi connectivity index (χ4v) is 2.70. The van der Waals surface area contributed by atoms with Crippen LogP contribution in [0.4, 0.5) is 0 Å². The topological polar surface area (TPSA) is 75.7 Å². The maximum Gasteiger partial charge on any atom is 0.111 e. The van der Waals surface area contributed by atoms with Crippen molar-refractivity contribution >= 4 is 11.8 Å². The van der Waals surface area contributed by atoms with E-state index in [9.17, 15) is 10.2 Å². The molecule has 0 radical (unpaired) electrons. The van der Waals surface area contributed by atoms with E-state index < -0.39 is 17.8 Å². The zero-order chi connectivity index (χ0) is 11.5. The SMILES string of the molecule is CC1(C)OC(CSCCCN)C(O)C1O. The third kappa shape index (κ3) is 3.32. The normalized spacial score (nSPS) is 34.6. The van der Waals surface area contributed by atoms with Crippen molar-refractivity contribution in [2.75, 3.05) is 18.1 Å². The van der Waals surface area contributed by atoms with E-state index in [1.54, 1.807) is 25.6 Å². The van der Waals surface area contributed by atoms with Gasteiger partial charge in [-0.25, -0.2) is 0 Å². The van der Waals surface area contributed by atoms with Crippen LogP contribution in [0.1, 0.15) is 20.3 Å². The number of aliphatic hydroxyl groups is 2. The maximum atomic E-state index is 9.74. The smallest absolute Gasteiger partial charge is 0.111 e. The van der Waals surface area contributed by atoms with Crippen LogP contribution in [-0.2, 0) is 4.74 Å². The fraction of sp³-hybridized carbons (Fsp3) is 1.00. The molecule has 1 saturated heterocycles. The first-order valence-electron chi connectivity index (χ1n) is 5.31. The average Bonchev–Trinajstić information content (AvgIpc) is 2.37. The number of ether oxygens (including phenoxy) is 1. The molecular formula is C10H21NO3S. The molecule has 1 fully saturated rings. The van der Waals surface area contributed by atoms with Gasteiger partial charge < -0.3 is 20.7 Å². The van der Waals surface area contributed by atoms with Crippen LogP contribution >= 0.6 is 11.8 Å². The molecule has 1 aliphatic heterocycles. The summed E-state index contributed by atoms with van der Waals surface area (Å²) in [4.78, 5) is 0. The van der Waals surface area contributed by atoms with Crippen molar-refractivity contribution in [3.05, 3.63) is 0 Å². The van der Waals surface area contributed by atoms with E-state index in [4.69, 9.17) is 10.5 Å². The molecule has 4 N–H and O–H groups in total. The lowest BCUT2D eigenvalue weighted by Crippen LogP contribution is -2.38. The van der Waals surface area contributed by atoms with Crippen LogP contribution in [-0.4, -0.2) is 52.2 Å². The summed E-state index contributed by atoms with van der Waals surface area (Å²) in [5.74, 6) is 1.68. The Labute approximate surface area is 95.2 Å². The van der Waals surface area contributed by atoms with Crippen LogP contribution in [0.2, 0.25) is 0 Å². The Morgan fingerprint density at radius 1 is 1.40 bits per heavy atom. The average molecular weight is 235 g/mol. The molecule has 0 spiro atoms. The van der Waals surface area contributed by atoms with E-state index in [1.165, 1.54) is 0 Å². The second-order valence-corrected chi connectivity index (χ2v) is 5.56. The molecule has 0 saturated carbocycles. The van der Waals surface area contributed by atoms with E-state index in [2.05, 4.69) is 0 Å². The minimum atomic E-state index is -0.794. The highest BCUT2D eigenvalue weighted by Gasteiger charge is 2.47. The summed E-state index contributed by atoms with van der Waals surface area (Å²) >= 11 is 1.71. The van der Waals surface area contributed by atoms with Crippen molar-refractivity contribution < 1.29 is 14.9 Å². The number of hydrogen-bond acceptors (Lipinski definition) is 5. The predicted octanol–water partition coefficient (Wildman–Crippen LogP) is -0.0324. The molecule has 0 aromatic carbocycles. The summed E-state index contributed by atoms with van der Waals surface area (Å²) in [6, 6.07) is 0. The van der Waals surface area contributed by atoms with Gasteiger partial charge in [0.1, 0.15) is 12.2 Å².